The monoisotopic (exact) mass is 217 g/mol. The minimum Gasteiger partial charge on any atom is -0.396 e. The molecule has 0 aromatic rings. The molecule has 88 valence electrons. The van der Waals surface area contributed by atoms with E-state index in [0.717, 1.165) is 0 Å². The van der Waals surface area contributed by atoms with Crippen molar-refractivity contribution in [2.75, 3.05) is 33.8 Å². The molecule has 0 aliphatic carbocycles. The van der Waals surface area contributed by atoms with Crippen molar-refractivity contribution in [2.45, 2.75) is 12.8 Å². The fourth-order valence-corrected chi connectivity index (χ4v) is 0.857. The molecule has 0 aliphatic rings. The van der Waals surface area contributed by atoms with Gasteiger partial charge in [-0.2, -0.15) is 0 Å². The van der Waals surface area contributed by atoms with E-state index in [-0.39, 0.29) is 18.5 Å². The molecule has 0 atom stereocenters. The zero-order valence-corrected chi connectivity index (χ0v) is 9.25. The number of carbonyl (C=O) groups excluding carboxylic acids is 2. The zero-order valence-electron chi connectivity index (χ0n) is 9.25. The Bertz CT molecular complexity index is 207. The van der Waals surface area contributed by atoms with Crippen molar-refractivity contribution in [3.8, 4) is 0 Å². The van der Waals surface area contributed by atoms with Crippen LogP contribution in [-0.4, -0.2) is 55.7 Å². The lowest BCUT2D eigenvalue weighted by atomic mass is 10.3. The summed E-state index contributed by atoms with van der Waals surface area (Å²) >= 11 is 0. The molecular formula is C9H19N3O3. The van der Waals surface area contributed by atoms with Crippen LogP contribution in [0.1, 0.15) is 12.8 Å². The summed E-state index contributed by atoms with van der Waals surface area (Å²) < 4.78 is 0. The molecule has 3 N–H and O–H groups in total. The topological polar surface area (TPSA) is 81.7 Å². The highest BCUT2D eigenvalue weighted by molar-refractivity contribution is 5.76. The number of aliphatic hydroxyl groups is 1. The number of carbonyl (C=O) groups is 2. The van der Waals surface area contributed by atoms with E-state index in [1.54, 1.807) is 14.1 Å². The molecular weight excluding hydrogens is 198 g/mol. The van der Waals surface area contributed by atoms with Gasteiger partial charge in [0.05, 0.1) is 0 Å². The second kappa shape index (κ2) is 8.05. The van der Waals surface area contributed by atoms with Crippen molar-refractivity contribution in [3.63, 3.8) is 0 Å². The lowest BCUT2D eigenvalue weighted by Gasteiger charge is -2.12. The summed E-state index contributed by atoms with van der Waals surface area (Å²) in [7, 11) is 3.30. The van der Waals surface area contributed by atoms with Crippen molar-refractivity contribution in [1.82, 2.24) is 15.5 Å². The van der Waals surface area contributed by atoms with Gasteiger partial charge in [0, 0.05) is 40.2 Å². The molecule has 0 aliphatic heterocycles. The van der Waals surface area contributed by atoms with Gasteiger partial charge in [0.1, 0.15) is 0 Å². The maximum Gasteiger partial charge on any atom is 0.316 e. The number of hydrogen-bond acceptors (Lipinski definition) is 3. The van der Waals surface area contributed by atoms with E-state index in [0.29, 0.717) is 25.9 Å². The van der Waals surface area contributed by atoms with Gasteiger partial charge >= 0.3 is 6.03 Å². The molecule has 0 aromatic carbocycles. The summed E-state index contributed by atoms with van der Waals surface area (Å²) in [4.78, 5) is 23.5. The van der Waals surface area contributed by atoms with Gasteiger partial charge < -0.3 is 20.6 Å². The van der Waals surface area contributed by atoms with Crippen molar-refractivity contribution in [2.24, 2.45) is 0 Å². The van der Waals surface area contributed by atoms with E-state index in [1.807, 2.05) is 0 Å². The van der Waals surface area contributed by atoms with Gasteiger partial charge in [-0.15, -0.1) is 0 Å². The van der Waals surface area contributed by atoms with Crippen LogP contribution in [-0.2, 0) is 4.79 Å². The Morgan fingerprint density at radius 1 is 1.20 bits per heavy atom. The lowest BCUT2D eigenvalue weighted by Crippen LogP contribution is -2.39. The average Bonchev–Trinajstić information content (AvgIpc) is 2.20. The third-order valence-electron chi connectivity index (χ3n) is 1.69. The van der Waals surface area contributed by atoms with Crippen LogP contribution in [0.3, 0.4) is 0 Å². The fourth-order valence-electron chi connectivity index (χ4n) is 0.857. The summed E-state index contributed by atoms with van der Waals surface area (Å²) in [6, 6.07) is -0.181. The summed E-state index contributed by atoms with van der Waals surface area (Å²) in [5, 5.41) is 13.7. The highest BCUT2D eigenvalue weighted by Crippen LogP contribution is 1.85. The Morgan fingerprint density at radius 2 is 1.80 bits per heavy atom. The smallest absolute Gasteiger partial charge is 0.316 e. The number of amides is 3. The van der Waals surface area contributed by atoms with Gasteiger partial charge in [-0.05, 0) is 6.42 Å². The van der Waals surface area contributed by atoms with Crippen molar-refractivity contribution >= 4 is 11.9 Å². The SMILES string of the molecule is CN(C)C(=O)NCCNC(=O)CCCO. The van der Waals surface area contributed by atoms with Crippen molar-refractivity contribution in [3.05, 3.63) is 0 Å². The molecule has 15 heavy (non-hydrogen) atoms. The normalized spacial score (nSPS) is 9.53. The van der Waals surface area contributed by atoms with Crippen LogP contribution in [0.4, 0.5) is 4.79 Å². The molecule has 0 rings (SSSR count). The van der Waals surface area contributed by atoms with E-state index in [1.165, 1.54) is 4.90 Å². The third kappa shape index (κ3) is 7.75. The van der Waals surface area contributed by atoms with Gasteiger partial charge in [-0.3, -0.25) is 4.79 Å². The van der Waals surface area contributed by atoms with Crippen LogP contribution in [0.15, 0.2) is 0 Å². The van der Waals surface area contributed by atoms with Crippen LogP contribution in [0.25, 0.3) is 0 Å². The van der Waals surface area contributed by atoms with Gasteiger partial charge in [-0.25, -0.2) is 4.79 Å². The third-order valence-corrected chi connectivity index (χ3v) is 1.69. The van der Waals surface area contributed by atoms with Crippen LogP contribution in [0, 0.1) is 0 Å². The summed E-state index contributed by atoms with van der Waals surface area (Å²) in [6.45, 7) is 0.830. The predicted octanol–water partition coefficient (Wildman–Crippen LogP) is -0.854. The van der Waals surface area contributed by atoms with E-state index < -0.39 is 0 Å². The van der Waals surface area contributed by atoms with E-state index >= 15 is 0 Å². The van der Waals surface area contributed by atoms with Crippen LogP contribution < -0.4 is 10.6 Å². The number of hydrogen-bond donors (Lipinski definition) is 3. The van der Waals surface area contributed by atoms with Gasteiger partial charge in [-0.1, -0.05) is 0 Å². The van der Waals surface area contributed by atoms with Crippen LogP contribution in [0.2, 0.25) is 0 Å². The Labute approximate surface area is 89.6 Å². The van der Waals surface area contributed by atoms with E-state index in [2.05, 4.69) is 10.6 Å². The summed E-state index contributed by atoms with van der Waals surface area (Å²) in [5.74, 6) is -0.108. The Hall–Kier alpha value is -1.30. The average molecular weight is 217 g/mol. The van der Waals surface area contributed by atoms with Gasteiger partial charge in [0.25, 0.3) is 0 Å². The van der Waals surface area contributed by atoms with Crippen LogP contribution >= 0.6 is 0 Å². The number of nitrogens with one attached hydrogen (secondary N) is 2. The second-order valence-corrected chi connectivity index (χ2v) is 3.30. The van der Waals surface area contributed by atoms with Gasteiger partial charge in [0.15, 0.2) is 0 Å². The summed E-state index contributed by atoms with van der Waals surface area (Å²) in [6.07, 6.45) is 0.786. The largest absolute Gasteiger partial charge is 0.396 e. The van der Waals surface area contributed by atoms with Crippen molar-refractivity contribution in [1.29, 1.82) is 0 Å². The summed E-state index contributed by atoms with van der Waals surface area (Å²) in [5.41, 5.74) is 0. The quantitative estimate of drug-likeness (QED) is 0.507. The molecule has 0 bridgehead atoms. The molecule has 0 saturated carbocycles. The van der Waals surface area contributed by atoms with Crippen LogP contribution in [0.5, 0.6) is 0 Å². The Balaban J connectivity index is 3.38. The predicted molar refractivity (Wildman–Crippen MR) is 56.4 cm³/mol. The number of rotatable bonds is 6. The first-order valence-electron chi connectivity index (χ1n) is 4.90. The highest BCUT2D eigenvalue weighted by atomic mass is 16.3. The lowest BCUT2D eigenvalue weighted by molar-refractivity contribution is -0.121. The molecule has 0 spiro atoms. The zero-order chi connectivity index (χ0) is 11.7. The maximum absolute atomic E-state index is 11.0. The molecule has 0 aromatic heterocycles. The molecule has 3 amide bonds. The fraction of sp³-hybridized carbons (Fsp3) is 0.778. The second-order valence-electron chi connectivity index (χ2n) is 3.30. The highest BCUT2D eigenvalue weighted by Gasteiger charge is 2.02. The molecule has 0 unspecified atom stereocenters. The first-order chi connectivity index (χ1) is 7.07. The standard InChI is InChI=1S/C9H19N3O3/c1-12(2)9(15)11-6-5-10-8(14)4-3-7-13/h13H,3-7H2,1-2H3,(H,10,14)(H,11,15). The minimum absolute atomic E-state index is 0.0186. The first kappa shape index (κ1) is 13.7. The molecule has 0 saturated heterocycles. The number of urea groups is 1. The number of aliphatic hydroxyl groups excluding tert-OH is 1. The first-order valence-corrected chi connectivity index (χ1v) is 4.90. The Kier molecular flexibility index (Phi) is 7.35. The molecule has 0 fully saturated rings. The van der Waals surface area contributed by atoms with E-state index in [4.69, 9.17) is 5.11 Å². The molecule has 6 nitrogen and oxygen atoms in total. The Morgan fingerprint density at radius 3 is 2.33 bits per heavy atom. The molecule has 0 radical (unpaired) electrons. The number of nitrogens with zero attached hydrogens (tertiary/aromatic N) is 1. The van der Waals surface area contributed by atoms with E-state index in [9.17, 15) is 9.59 Å². The molecule has 0 heterocycles. The minimum atomic E-state index is -0.181. The van der Waals surface area contributed by atoms with Crippen molar-refractivity contribution < 1.29 is 14.7 Å². The van der Waals surface area contributed by atoms with Gasteiger partial charge in [0.2, 0.25) is 5.91 Å². The maximum atomic E-state index is 11.0. The molecule has 6 heteroatoms.